The van der Waals surface area contributed by atoms with E-state index in [9.17, 15) is 4.79 Å². The van der Waals surface area contributed by atoms with Gasteiger partial charge in [-0.25, -0.2) is 0 Å². The Morgan fingerprint density at radius 1 is 1.53 bits per heavy atom. The van der Waals surface area contributed by atoms with Crippen molar-refractivity contribution in [2.75, 3.05) is 6.61 Å². The Hall–Kier alpha value is -0.830. The maximum atomic E-state index is 11.5. The first-order valence-electron chi connectivity index (χ1n) is 5.15. The largest absolute Gasteiger partial charge is 0.466 e. The van der Waals surface area contributed by atoms with Gasteiger partial charge in [0.2, 0.25) is 0 Å². The highest BCUT2D eigenvalue weighted by Crippen LogP contribution is 2.50. The lowest BCUT2D eigenvalue weighted by molar-refractivity contribution is -0.144. The molecule has 2 rings (SSSR count). The van der Waals surface area contributed by atoms with Gasteiger partial charge in [0.25, 0.3) is 0 Å². The fourth-order valence-corrected chi connectivity index (χ4v) is 2.40. The minimum absolute atomic E-state index is 0.0572. The monoisotopic (exact) mass is 268 g/mol. The number of carbonyl (C=O) groups is 1. The van der Waals surface area contributed by atoms with Crippen LogP contribution in [-0.4, -0.2) is 12.6 Å². The van der Waals surface area contributed by atoms with Crippen LogP contribution in [0.1, 0.15) is 24.8 Å². The van der Waals surface area contributed by atoms with E-state index < -0.39 is 0 Å². The quantitative estimate of drug-likeness (QED) is 0.788. The van der Waals surface area contributed by atoms with Gasteiger partial charge in [-0.3, -0.25) is 4.79 Å². The summed E-state index contributed by atoms with van der Waals surface area (Å²) in [5.74, 6) is 0.363. The number of hydrogen-bond donors (Lipinski definition) is 0. The second-order valence-corrected chi connectivity index (χ2v) is 4.58. The molecule has 2 atom stereocenters. The van der Waals surface area contributed by atoms with Gasteiger partial charge < -0.3 is 4.74 Å². The Labute approximate surface area is 97.8 Å². The third-order valence-electron chi connectivity index (χ3n) is 2.68. The van der Waals surface area contributed by atoms with Crippen LogP contribution in [0.15, 0.2) is 28.7 Å². The molecule has 1 aromatic carbocycles. The van der Waals surface area contributed by atoms with E-state index in [1.54, 1.807) is 0 Å². The van der Waals surface area contributed by atoms with Crippen molar-refractivity contribution in [3.05, 3.63) is 34.3 Å². The zero-order chi connectivity index (χ0) is 10.8. The van der Waals surface area contributed by atoms with E-state index in [0.717, 1.165) is 10.9 Å². The van der Waals surface area contributed by atoms with Crippen LogP contribution in [-0.2, 0) is 9.53 Å². The molecule has 0 saturated heterocycles. The van der Waals surface area contributed by atoms with E-state index >= 15 is 0 Å². The average molecular weight is 269 g/mol. The lowest BCUT2D eigenvalue weighted by Crippen LogP contribution is -2.07. The van der Waals surface area contributed by atoms with Crippen LogP contribution in [0.5, 0.6) is 0 Å². The van der Waals surface area contributed by atoms with Crippen LogP contribution in [0.4, 0.5) is 0 Å². The van der Waals surface area contributed by atoms with E-state index in [1.807, 2.05) is 25.1 Å². The number of ether oxygens (including phenoxy) is 1. The van der Waals surface area contributed by atoms with Crippen molar-refractivity contribution < 1.29 is 9.53 Å². The summed E-state index contributed by atoms with van der Waals surface area (Å²) in [6, 6.07) is 8.06. The average Bonchev–Trinajstić information content (AvgIpc) is 2.98. The molecule has 1 aliphatic carbocycles. The Kier molecular flexibility index (Phi) is 3.10. The molecule has 2 nitrogen and oxygen atoms in total. The highest BCUT2D eigenvalue weighted by atomic mass is 79.9. The minimum Gasteiger partial charge on any atom is -0.466 e. The molecule has 3 heteroatoms. The van der Waals surface area contributed by atoms with Gasteiger partial charge in [0.1, 0.15) is 0 Å². The van der Waals surface area contributed by atoms with Crippen molar-refractivity contribution >= 4 is 21.9 Å². The molecule has 1 fully saturated rings. The SMILES string of the molecule is CCOC(=O)C1CC1c1ccccc1Br. The van der Waals surface area contributed by atoms with Gasteiger partial charge in [0.05, 0.1) is 12.5 Å². The van der Waals surface area contributed by atoms with E-state index in [0.29, 0.717) is 12.5 Å². The highest BCUT2D eigenvalue weighted by Gasteiger charge is 2.45. The molecule has 0 amide bonds. The van der Waals surface area contributed by atoms with Crippen LogP contribution in [0.3, 0.4) is 0 Å². The molecule has 15 heavy (non-hydrogen) atoms. The molecule has 1 aromatic rings. The molecule has 0 spiro atoms. The number of esters is 1. The molecule has 0 aliphatic heterocycles. The molecular weight excluding hydrogens is 256 g/mol. The van der Waals surface area contributed by atoms with Crippen LogP contribution in [0.2, 0.25) is 0 Å². The number of carbonyl (C=O) groups excluding carboxylic acids is 1. The summed E-state index contributed by atoms with van der Waals surface area (Å²) in [7, 11) is 0. The number of rotatable bonds is 3. The molecule has 0 heterocycles. The lowest BCUT2D eigenvalue weighted by atomic mass is 10.1. The lowest BCUT2D eigenvalue weighted by Gasteiger charge is -2.03. The van der Waals surface area contributed by atoms with Crippen molar-refractivity contribution in [1.82, 2.24) is 0 Å². The van der Waals surface area contributed by atoms with Gasteiger partial charge in [-0.2, -0.15) is 0 Å². The van der Waals surface area contributed by atoms with Crippen LogP contribution >= 0.6 is 15.9 Å². The molecule has 1 saturated carbocycles. The number of halogens is 1. The van der Waals surface area contributed by atoms with Crippen molar-refractivity contribution in [3.63, 3.8) is 0 Å². The smallest absolute Gasteiger partial charge is 0.309 e. The van der Waals surface area contributed by atoms with E-state index in [2.05, 4.69) is 22.0 Å². The third kappa shape index (κ3) is 2.23. The van der Waals surface area contributed by atoms with Crippen LogP contribution in [0.25, 0.3) is 0 Å². The van der Waals surface area contributed by atoms with Crippen molar-refractivity contribution in [2.45, 2.75) is 19.3 Å². The molecule has 80 valence electrons. The summed E-state index contributed by atoms with van der Waals surface area (Å²) in [6.45, 7) is 2.31. The maximum Gasteiger partial charge on any atom is 0.309 e. The molecule has 2 unspecified atom stereocenters. The Morgan fingerprint density at radius 2 is 2.27 bits per heavy atom. The number of benzene rings is 1. The highest BCUT2D eigenvalue weighted by molar-refractivity contribution is 9.10. The van der Waals surface area contributed by atoms with E-state index in [1.165, 1.54) is 5.56 Å². The second-order valence-electron chi connectivity index (χ2n) is 3.72. The zero-order valence-electron chi connectivity index (χ0n) is 8.57. The Balaban J connectivity index is 2.05. The standard InChI is InChI=1S/C12H13BrO2/c1-2-15-12(14)10-7-9(10)8-5-3-4-6-11(8)13/h3-6,9-10H,2,7H2,1H3. The summed E-state index contributed by atoms with van der Waals surface area (Å²) >= 11 is 3.50. The third-order valence-corrected chi connectivity index (χ3v) is 3.41. The van der Waals surface area contributed by atoms with Gasteiger partial charge >= 0.3 is 5.97 Å². The molecular formula is C12H13BrO2. The molecule has 0 bridgehead atoms. The molecule has 0 N–H and O–H groups in total. The van der Waals surface area contributed by atoms with Crippen molar-refractivity contribution in [3.8, 4) is 0 Å². The second kappa shape index (κ2) is 4.35. The van der Waals surface area contributed by atoms with Gasteiger partial charge in [0, 0.05) is 4.47 Å². The first-order chi connectivity index (χ1) is 7.24. The fourth-order valence-electron chi connectivity index (χ4n) is 1.82. The van der Waals surface area contributed by atoms with Gasteiger partial charge in [-0.05, 0) is 30.9 Å². The van der Waals surface area contributed by atoms with Gasteiger partial charge in [-0.1, -0.05) is 34.1 Å². The summed E-state index contributed by atoms with van der Waals surface area (Å²) in [6.07, 6.45) is 0.918. The normalized spacial score (nSPS) is 23.6. The Bertz CT molecular complexity index is 376. The predicted octanol–water partition coefficient (Wildman–Crippen LogP) is 3.12. The van der Waals surface area contributed by atoms with Crippen molar-refractivity contribution in [1.29, 1.82) is 0 Å². The fraction of sp³-hybridized carbons (Fsp3) is 0.417. The first kappa shape index (κ1) is 10.7. The Morgan fingerprint density at radius 3 is 2.93 bits per heavy atom. The molecule has 0 aromatic heterocycles. The topological polar surface area (TPSA) is 26.3 Å². The first-order valence-corrected chi connectivity index (χ1v) is 5.94. The molecule has 1 aliphatic rings. The molecule has 0 radical (unpaired) electrons. The van der Waals surface area contributed by atoms with Crippen molar-refractivity contribution in [2.24, 2.45) is 5.92 Å². The summed E-state index contributed by atoms with van der Waals surface area (Å²) in [5, 5.41) is 0. The summed E-state index contributed by atoms with van der Waals surface area (Å²) < 4.78 is 6.09. The summed E-state index contributed by atoms with van der Waals surface area (Å²) in [5.41, 5.74) is 1.22. The van der Waals surface area contributed by atoms with E-state index in [4.69, 9.17) is 4.74 Å². The maximum absolute atomic E-state index is 11.5. The van der Waals surface area contributed by atoms with Crippen LogP contribution in [0, 0.1) is 5.92 Å². The number of hydrogen-bond acceptors (Lipinski definition) is 2. The van der Waals surface area contributed by atoms with Crippen LogP contribution < -0.4 is 0 Å². The minimum atomic E-state index is -0.0572. The zero-order valence-corrected chi connectivity index (χ0v) is 10.2. The summed E-state index contributed by atoms with van der Waals surface area (Å²) in [4.78, 5) is 11.5. The van der Waals surface area contributed by atoms with E-state index in [-0.39, 0.29) is 11.9 Å². The predicted molar refractivity (Wildman–Crippen MR) is 61.6 cm³/mol. The van der Waals surface area contributed by atoms with Gasteiger partial charge in [0.15, 0.2) is 0 Å². The van der Waals surface area contributed by atoms with Gasteiger partial charge in [-0.15, -0.1) is 0 Å².